The molecule has 0 saturated heterocycles. The van der Waals surface area contributed by atoms with Crippen LogP contribution in [0.25, 0.3) is 0 Å². The topological polar surface area (TPSA) is 52.3 Å². The Kier molecular flexibility index (Phi) is 3.83. The molecule has 1 aromatic carbocycles. The summed E-state index contributed by atoms with van der Waals surface area (Å²) in [6.07, 6.45) is 0. The Bertz CT molecular complexity index is 427. The SMILES string of the molecule is CC(C)(C)OC(=O)C(N)c1ccc(F)cc1F. The highest BCUT2D eigenvalue weighted by Crippen LogP contribution is 2.19. The molecule has 0 spiro atoms. The predicted octanol–water partition coefficient (Wildman–Crippen LogP) is 2.31. The van der Waals surface area contributed by atoms with Crippen molar-refractivity contribution in [1.29, 1.82) is 0 Å². The first-order chi connectivity index (χ1) is 7.70. The normalized spacial score (nSPS) is 13.3. The molecule has 1 aromatic rings. The number of halogens is 2. The van der Waals surface area contributed by atoms with E-state index in [9.17, 15) is 13.6 Å². The van der Waals surface area contributed by atoms with Gasteiger partial charge in [0.05, 0.1) is 0 Å². The quantitative estimate of drug-likeness (QED) is 0.811. The number of ether oxygens (including phenoxy) is 1. The van der Waals surface area contributed by atoms with Gasteiger partial charge in [0.25, 0.3) is 0 Å². The van der Waals surface area contributed by atoms with E-state index in [1.165, 1.54) is 0 Å². The lowest BCUT2D eigenvalue weighted by Crippen LogP contribution is -2.32. The average Bonchev–Trinajstić information content (AvgIpc) is 2.14. The van der Waals surface area contributed by atoms with Crippen LogP contribution in [-0.2, 0) is 9.53 Å². The molecule has 1 atom stereocenters. The molecule has 0 aliphatic heterocycles. The molecule has 0 saturated carbocycles. The minimum absolute atomic E-state index is 0.0827. The van der Waals surface area contributed by atoms with Crippen molar-refractivity contribution in [2.24, 2.45) is 5.73 Å². The van der Waals surface area contributed by atoms with Gasteiger partial charge in [0.2, 0.25) is 0 Å². The van der Waals surface area contributed by atoms with Crippen LogP contribution >= 0.6 is 0 Å². The highest BCUT2D eigenvalue weighted by molar-refractivity contribution is 5.77. The monoisotopic (exact) mass is 243 g/mol. The first-order valence-electron chi connectivity index (χ1n) is 5.14. The summed E-state index contributed by atoms with van der Waals surface area (Å²) in [6, 6.07) is 1.61. The second kappa shape index (κ2) is 4.79. The molecule has 0 aromatic heterocycles. The van der Waals surface area contributed by atoms with Crippen LogP contribution in [-0.4, -0.2) is 11.6 Å². The standard InChI is InChI=1S/C12H15F2NO2/c1-12(2,3)17-11(16)10(15)8-5-4-7(13)6-9(8)14/h4-6,10H,15H2,1-3H3. The Balaban J connectivity index is 2.89. The Labute approximate surface area is 98.6 Å². The molecule has 1 unspecified atom stereocenters. The maximum Gasteiger partial charge on any atom is 0.328 e. The minimum atomic E-state index is -1.25. The summed E-state index contributed by atoms with van der Waals surface area (Å²) in [4.78, 5) is 11.6. The molecule has 2 N–H and O–H groups in total. The zero-order chi connectivity index (χ0) is 13.2. The van der Waals surface area contributed by atoms with Crippen molar-refractivity contribution in [3.05, 3.63) is 35.4 Å². The number of esters is 1. The maximum atomic E-state index is 13.4. The molecular formula is C12H15F2NO2. The van der Waals surface area contributed by atoms with Crippen LogP contribution in [0.5, 0.6) is 0 Å². The van der Waals surface area contributed by atoms with Crippen LogP contribution in [0.2, 0.25) is 0 Å². The van der Waals surface area contributed by atoms with Crippen LogP contribution < -0.4 is 5.73 Å². The van der Waals surface area contributed by atoms with Gasteiger partial charge < -0.3 is 10.5 Å². The average molecular weight is 243 g/mol. The molecule has 0 aliphatic carbocycles. The van der Waals surface area contributed by atoms with Gasteiger partial charge in [-0.1, -0.05) is 6.07 Å². The van der Waals surface area contributed by atoms with Crippen LogP contribution in [0.1, 0.15) is 32.4 Å². The van der Waals surface area contributed by atoms with Crippen molar-refractivity contribution in [3.8, 4) is 0 Å². The fourth-order valence-electron chi connectivity index (χ4n) is 1.25. The molecule has 0 bridgehead atoms. The molecule has 1 rings (SSSR count). The van der Waals surface area contributed by atoms with Crippen LogP contribution in [0.15, 0.2) is 18.2 Å². The molecule has 17 heavy (non-hydrogen) atoms. The number of hydrogen-bond acceptors (Lipinski definition) is 3. The largest absolute Gasteiger partial charge is 0.459 e. The van der Waals surface area contributed by atoms with Gasteiger partial charge >= 0.3 is 5.97 Å². The summed E-state index contributed by atoms with van der Waals surface area (Å²) in [7, 11) is 0. The molecule has 0 aliphatic rings. The van der Waals surface area contributed by atoms with Gasteiger partial charge in [-0.25, -0.2) is 13.6 Å². The fourth-order valence-corrected chi connectivity index (χ4v) is 1.25. The molecule has 0 amide bonds. The smallest absolute Gasteiger partial charge is 0.328 e. The zero-order valence-electron chi connectivity index (χ0n) is 9.96. The van der Waals surface area contributed by atoms with Gasteiger partial charge in [0.1, 0.15) is 23.3 Å². The second-order valence-corrected chi connectivity index (χ2v) is 4.68. The number of benzene rings is 1. The van der Waals surface area contributed by atoms with Gasteiger partial charge in [-0.3, -0.25) is 0 Å². The first kappa shape index (κ1) is 13.6. The van der Waals surface area contributed by atoms with Crippen molar-refractivity contribution < 1.29 is 18.3 Å². The number of hydrogen-bond donors (Lipinski definition) is 1. The Morgan fingerprint density at radius 1 is 1.35 bits per heavy atom. The maximum absolute atomic E-state index is 13.4. The minimum Gasteiger partial charge on any atom is -0.459 e. The van der Waals surface area contributed by atoms with Crippen LogP contribution in [0.3, 0.4) is 0 Å². The number of nitrogens with two attached hydrogens (primary N) is 1. The van der Waals surface area contributed by atoms with Gasteiger partial charge in [0, 0.05) is 11.6 Å². The van der Waals surface area contributed by atoms with Crippen LogP contribution in [0, 0.1) is 11.6 Å². The lowest BCUT2D eigenvalue weighted by molar-refractivity contribution is -0.156. The van der Waals surface area contributed by atoms with Crippen molar-refractivity contribution in [2.45, 2.75) is 32.4 Å². The van der Waals surface area contributed by atoms with Gasteiger partial charge in [0.15, 0.2) is 0 Å². The van der Waals surface area contributed by atoms with Crippen molar-refractivity contribution in [2.75, 3.05) is 0 Å². The predicted molar refractivity (Wildman–Crippen MR) is 59.1 cm³/mol. The number of carbonyl (C=O) groups excluding carboxylic acids is 1. The molecule has 0 fully saturated rings. The molecule has 5 heteroatoms. The Morgan fingerprint density at radius 2 is 1.94 bits per heavy atom. The molecule has 3 nitrogen and oxygen atoms in total. The second-order valence-electron chi connectivity index (χ2n) is 4.68. The molecule has 0 heterocycles. The van der Waals surface area contributed by atoms with Crippen molar-refractivity contribution in [3.63, 3.8) is 0 Å². The molecular weight excluding hydrogens is 228 g/mol. The number of rotatable bonds is 2. The van der Waals surface area contributed by atoms with Crippen molar-refractivity contribution in [1.82, 2.24) is 0 Å². The molecule has 94 valence electrons. The lowest BCUT2D eigenvalue weighted by Gasteiger charge is -2.22. The lowest BCUT2D eigenvalue weighted by atomic mass is 10.1. The summed E-state index contributed by atoms with van der Waals surface area (Å²) in [5.41, 5.74) is 4.77. The van der Waals surface area contributed by atoms with E-state index < -0.39 is 29.2 Å². The Morgan fingerprint density at radius 3 is 2.41 bits per heavy atom. The van der Waals surface area contributed by atoms with Gasteiger partial charge in [-0.05, 0) is 26.8 Å². The van der Waals surface area contributed by atoms with Crippen molar-refractivity contribution >= 4 is 5.97 Å². The van der Waals surface area contributed by atoms with E-state index in [0.717, 1.165) is 12.1 Å². The number of carbonyl (C=O) groups is 1. The summed E-state index contributed by atoms with van der Waals surface area (Å²) >= 11 is 0. The van der Waals surface area contributed by atoms with Gasteiger partial charge in [-0.2, -0.15) is 0 Å². The summed E-state index contributed by atoms with van der Waals surface area (Å²) in [5.74, 6) is -2.32. The van der Waals surface area contributed by atoms with E-state index in [4.69, 9.17) is 10.5 Å². The summed E-state index contributed by atoms with van der Waals surface area (Å²) in [6.45, 7) is 5.04. The van der Waals surface area contributed by atoms with E-state index in [2.05, 4.69) is 0 Å². The summed E-state index contributed by atoms with van der Waals surface area (Å²) in [5, 5.41) is 0. The van der Waals surface area contributed by atoms with E-state index in [1.807, 2.05) is 0 Å². The van der Waals surface area contributed by atoms with E-state index in [-0.39, 0.29) is 5.56 Å². The highest BCUT2D eigenvalue weighted by atomic mass is 19.1. The summed E-state index contributed by atoms with van der Waals surface area (Å²) < 4.78 is 31.1. The molecule has 0 radical (unpaired) electrons. The van der Waals surface area contributed by atoms with Crippen LogP contribution in [0.4, 0.5) is 8.78 Å². The Hall–Kier alpha value is -1.49. The highest BCUT2D eigenvalue weighted by Gasteiger charge is 2.25. The third-order valence-corrected chi connectivity index (χ3v) is 1.96. The zero-order valence-corrected chi connectivity index (χ0v) is 9.96. The third-order valence-electron chi connectivity index (χ3n) is 1.96. The van der Waals surface area contributed by atoms with E-state index in [1.54, 1.807) is 20.8 Å². The first-order valence-corrected chi connectivity index (χ1v) is 5.14. The van der Waals surface area contributed by atoms with Gasteiger partial charge in [-0.15, -0.1) is 0 Å². The van der Waals surface area contributed by atoms with E-state index in [0.29, 0.717) is 6.07 Å². The van der Waals surface area contributed by atoms with E-state index >= 15 is 0 Å². The fraction of sp³-hybridized carbons (Fsp3) is 0.417. The third kappa shape index (κ3) is 3.78.